The number of nitrogens with one attached hydrogen (secondary N) is 1. The quantitative estimate of drug-likeness (QED) is 0.617. The van der Waals surface area contributed by atoms with E-state index in [4.69, 9.17) is 9.26 Å². The van der Waals surface area contributed by atoms with Crippen molar-refractivity contribution >= 4 is 11.9 Å². The molecule has 1 aromatic heterocycles. The van der Waals surface area contributed by atoms with Gasteiger partial charge < -0.3 is 14.6 Å². The zero-order chi connectivity index (χ0) is 22.7. The van der Waals surface area contributed by atoms with E-state index in [0.717, 1.165) is 37.5 Å². The van der Waals surface area contributed by atoms with Gasteiger partial charge in [-0.2, -0.15) is 4.98 Å². The maximum atomic E-state index is 12.6. The van der Waals surface area contributed by atoms with Crippen LogP contribution < -0.4 is 10.1 Å². The van der Waals surface area contributed by atoms with Gasteiger partial charge in [0.15, 0.2) is 0 Å². The molecular weight excluding hydrogens is 412 g/mol. The summed E-state index contributed by atoms with van der Waals surface area (Å²) in [5, 5.41) is 6.89. The molecule has 0 aliphatic carbocycles. The topological polar surface area (TPSA) is 104 Å². The van der Waals surface area contributed by atoms with Crippen molar-refractivity contribution in [2.24, 2.45) is 5.92 Å². The molecule has 2 aliphatic rings. The molecule has 2 saturated heterocycles. The highest BCUT2D eigenvalue weighted by Crippen LogP contribution is 2.20. The highest BCUT2D eigenvalue weighted by atomic mass is 16.5. The predicted octanol–water partition coefficient (Wildman–Crippen LogP) is 1.79. The molecule has 172 valence electrons. The van der Waals surface area contributed by atoms with Gasteiger partial charge >= 0.3 is 6.03 Å². The van der Waals surface area contributed by atoms with Crippen molar-refractivity contribution in [2.75, 3.05) is 40.0 Å². The number of methoxy groups -OCH3 is 1. The Balaban J connectivity index is 1.26. The lowest BCUT2D eigenvalue weighted by Gasteiger charge is -2.35. The number of urea groups is 1. The number of amides is 3. The standard InChI is InChI=1S/C22H30N6O4/c1-15(2)12-18-21(29)28(22(30)23-18)14-27-10-8-26(9-11-27)13-19-24-20(25-32-19)16-4-6-17(31-3)7-5-16/h4-7,15,18H,8-14H2,1-3H3,(H,23,30)/t18-/m1/s1. The van der Waals surface area contributed by atoms with Gasteiger partial charge in [0.05, 0.1) is 20.3 Å². The van der Waals surface area contributed by atoms with E-state index < -0.39 is 6.04 Å². The number of hydrogen-bond acceptors (Lipinski definition) is 8. The van der Waals surface area contributed by atoms with E-state index in [2.05, 4.69) is 25.3 Å². The van der Waals surface area contributed by atoms with Crippen LogP contribution in [0.1, 0.15) is 26.2 Å². The minimum atomic E-state index is -0.402. The van der Waals surface area contributed by atoms with Gasteiger partial charge in [0.25, 0.3) is 5.91 Å². The molecule has 0 radical (unpaired) electrons. The summed E-state index contributed by atoms with van der Waals surface area (Å²) in [5.74, 6) is 2.12. The second-order valence-electron chi connectivity index (χ2n) is 8.67. The Labute approximate surface area is 187 Å². The Bertz CT molecular complexity index is 936. The van der Waals surface area contributed by atoms with Crippen LogP contribution in [0.5, 0.6) is 5.75 Å². The molecule has 0 spiro atoms. The fourth-order valence-corrected chi connectivity index (χ4v) is 4.00. The molecule has 0 bridgehead atoms. The molecule has 1 N–H and O–H groups in total. The summed E-state index contributed by atoms with van der Waals surface area (Å²) in [6, 6.07) is 6.82. The lowest BCUT2D eigenvalue weighted by molar-refractivity contribution is -0.129. The lowest BCUT2D eigenvalue weighted by atomic mass is 10.0. The summed E-state index contributed by atoms with van der Waals surface area (Å²) >= 11 is 0. The first-order chi connectivity index (χ1) is 15.4. The maximum absolute atomic E-state index is 12.6. The van der Waals surface area contributed by atoms with Crippen LogP contribution >= 0.6 is 0 Å². The molecule has 10 nitrogen and oxygen atoms in total. The van der Waals surface area contributed by atoms with Crippen LogP contribution in [0.25, 0.3) is 11.4 Å². The average molecular weight is 443 g/mol. The summed E-state index contributed by atoms with van der Waals surface area (Å²) in [6.45, 7) is 8.08. The third-order valence-electron chi connectivity index (χ3n) is 5.80. The molecule has 3 amide bonds. The number of carbonyl (C=O) groups excluding carboxylic acids is 2. The zero-order valence-electron chi connectivity index (χ0n) is 18.8. The van der Waals surface area contributed by atoms with E-state index >= 15 is 0 Å². The Morgan fingerprint density at radius 1 is 1.12 bits per heavy atom. The van der Waals surface area contributed by atoms with Gasteiger partial charge in [-0.25, -0.2) is 9.69 Å². The van der Waals surface area contributed by atoms with Crippen LogP contribution in [-0.2, 0) is 11.3 Å². The smallest absolute Gasteiger partial charge is 0.325 e. The summed E-state index contributed by atoms with van der Waals surface area (Å²) in [7, 11) is 1.63. The van der Waals surface area contributed by atoms with E-state index in [9.17, 15) is 9.59 Å². The molecular formula is C22H30N6O4. The number of carbonyl (C=O) groups is 2. The van der Waals surface area contributed by atoms with E-state index in [1.807, 2.05) is 38.1 Å². The van der Waals surface area contributed by atoms with Crippen LogP contribution in [0.2, 0.25) is 0 Å². The Morgan fingerprint density at radius 2 is 1.81 bits per heavy atom. The second kappa shape index (κ2) is 9.66. The van der Waals surface area contributed by atoms with Gasteiger partial charge in [-0.15, -0.1) is 0 Å². The summed E-state index contributed by atoms with van der Waals surface area (Å²) in [5.41, 5.74) is 0.870. The van der Waals surface area contributed by atoms with Gasteiger partial charge in [-0.1, -0.05) is 19.0 Å². The van der Waals surface area contributed by atoms with Gasteiger partial charge in [0.2, 0.25) is 11.7 Å². The van der Waals surface area contributed by atoms with Crippen LogP contribution in [0.4, 0.5) is 4.79 Å². The Kier molecular flexibility index (Phi) is 6.71. The summed E-state index contributed by atoms with van der Waals surface area (Å²) in [4.78, 5) is 35.0. The normalized spacial score (nSPS) is 20.2. The molecule has 32 heavy (non-hydrogen) atoms. The van der Waals surface area contributed by atoms with Gasteiger partial charge in [-0.05, 0) is 36.6 Å². The largest absolute Gasteiger partial charge is 0.497 e. The number of nitrogens with zero attached hydrogens (tertiary/aromatic N) is 5. The lowest BCUT2D eigenvalue weighted by Crippen LogP contribution is -2.51. The SMILES string of the molecule is COc1ccc(-c2noc(CN3CCN(CN4C(=O)N[C@H](CC(C)C)C4=O)CC3)n2)cc1. The van der Waals surface area contributed by atoms with Gasteiger partial charge in [0.1, 0.15) is 11.8 Å². The second-order valence-corrected chi connectivity index (χ2v) is 8.67. The molecule has 1 atom stereocenters. The highest BCUT2D eigenvalue weighted by molar-refractivity contribution is 6.04. The van der Waals surface area contributed by atoms with E-state index in [1.165, 1.54) is 4.90 Å². The first kappa shape index (κ1) is 22.2. The van der Waals surface area contributed by atoms with Crippen LogP contribution in [0.15, 0.2) is 28.8 Å². The molecule has 1 aromatic carbocycles. The monoisotopic (exact) mass is 442 g/mol. The summed E-state index contributed by atoms with van der Waals surface area (Å²) in [6.07, 6.45) is 0.664. The van der Waals surface area contributed by atoms with Crippen molar-refractivity contribution in [3.8, 4) is 17.1 Å². The molecule has 4 rings (SSSR count). The number of piperazine rings is 1. The van der Waals surface area contributed by atoms with Crippen LogP contribution in [0.3, 0.4) is 0 Å². The fraction of sp³-hybridized carbons (Fsp3) is 0.545. The van der Waals surface area contributed by atoms with Gasteiger partial charge in [0, 0.05) is 31.7 Å². The first-order valence-electron chi connectivity index (χ1n) is 11.0. The van der Waals surface area contributed by atoms with Crippen LogP contribution in [0, 0.1) is 5.92 Å². The zero-order valence-corrected chi connectivity index (χ0v) is 18.8. The minimum absolute atomic E-state index is 0.122. The minimum Gasteiger partial charge on any atom is -0.497 e. The number of imide groups is 1. The summed E-state index contributed by atoms with van der Waals surface area (Å²) < 4.78 is 10.6. The number of rotatable bonds is 8. The molecule has 2 fully saturated rings. The van der Waals surface area contributed by atoms with Gasteiger partial charge in [-0.3, -0.25) is 14.6 Å². The first-order valence-corrected chi connectivity index (χ1v) is 11.0. The molecule has 10 heteroatoms. The van der Waals surface area contributed by atoms with Crippen LogP contribution in [-0.4, -0.2) is 82.8 Å². The Hall–Kier alpha value is -2.98. The van der Waals surface area contributed by atoms with Crippen molar-refractivity contribution in [3.05, 3.63) is 30.2 Å². The third-order valence-corrected chi connectivity index (χ3v) is 5.80. The number of hydrogen-bond donors (Lipinski definition) is 1. The number of aromatic nitrogens is 2. The van der Waals surface area contributed by atoms with Crippen molar-refractivity contribution in [2.45, 2.75) is 32.9 Å². The van der Waals surface area contributed by atoms with Crippen molar-refractivity contribution < 1.29 is 18.8 Å². The fourth-order valence-electron chi connectivity index (χ4n) is 4.00. The highest BCUT2D eigenvalue weighted by Gasteiger charge is 2.39. The third kappa shape index (κ3) is 5.08. The van der Waals surface area contributed by atoms with E-state index in [1.54, 1.807) is 7.11 Å². The molecule has 3 heterocycles. The molecule has 2 aliphatic heterocycles. The van der Waals surface area contributed by atoms with E-state index in [0.29, 0.717) is 37.3 Å². The number of ether oxygens (including phenoxy) is 1. The van der Waals surface area contributed by atoms with Crippen molar-refractivity contribution in [1.29, 1.82) is 0 Å². The average Bonchev–Trinajstić information content (AvgIpc) is 3.35. The van der Waals surface area contributed by atoms with Crippen molar-refractivity contribution in [1.82, 2.24) is 30.2 Å². The van der Waals surface area contributed by atoms with E-state index in [-0.39, 0.29) is 11.9 Å². The van der Waals surface area contributed by atoms with Crippen molar-refractivity contribution in [3.63, 3.8) is 0 Å². The molecule has 0 unspecified atom stereocenters. The number of benzene rings is 1. The molecule has 2 aromatic rings. The Morgan fingerprint density at radius 3 is 2.47 bits per heavy atom. The predicted molar refractivity (Wildman–Crippen MR) is 117 cm³/mol. The maximum Gasteiger partial charge on any atom is 0.325 e. The molecule has 0 saturated carbocycles.